The number of nitrogens with zero attached hydrogens (tertiary/aromatic N) is 4. The minimum absolute atomic E-state index is 0.213. The summed E-state index contributed by atoms with van der Waals surface area (Å²) in [7, 11) is -8.42. The molecule has 0 saturated carbocycles. The maximum Gasteiger partial charge on any atom is 0.279 e. The van der Waals surface area contributed by atoms with Crippen molar-refractivity contribution < 1.29 is 31.5 Å². The predicted molar refractivity (Wildman–Crippen MR) is 143 cm³/mol. The van der Waals surface area contributed by atoms with E-state index in [1.54, 1.807) is 0 Å². The largest absolute Gasteiger partial charge is 0.289 e. The molecule has 0 N–H and O–H groups in total. The minimum atomic E-state index is -4.21. The summed E-state index contributed by atoms with van der Waals surface area (Å²) >= 11 is 0. The van der Waals surface area contributed by atoms with E-state index in [-0.39, 0.29) is 26.2 Å². The number of carbonyl (C=O) groups excluding carboxylic acids is 1. The SMILES string of the molecule is CC1CCN(S(=O)(=O)c2cc3c(c([N+](=O)[O-])c2)-c2c(cc(S(=O)(=O)N4CCC(C)CC4)cc2[N+](=O)[O-])C3=O)CC1. The van der Waals surface area contributed by atoms with Crippen molar-refractivity contribution in [2.45, 2.75) is 49.3 Å². The highest BCUT2D eigenvalue weighted by Crippen LogP contribution is 2.49. The summed E-state index contributed by atoms with van der Waals surface area (Å²) in [6.45, 7) is 4.84. The maximum absolute atomic E-state index is 13.6. The van der Waals surface area contributed by atoms with Crippen LogP contribution in [0.5, 0.6) is 0 Å². The summed E-state index contributed by atoms with van der Waals surface area (Å²) in [5.41, 5.74) is -3.12. The van der Waals surface area contributed by atoms with Crippen molar-refractivity contribution in [3.05, 3.63) is 55.6 Å². The van der Waals surface area contributed by atoms with Gasteiger partial charge in [0.2, 0.25) is 20.0 Å². The zero-order valence-electron chi connectivity index (χ0n) is 21.9. The molecule has 0 spiro atoms. The Morgan fingerprint density at radius 1 is 0.675 bits per heavy atom. The van der Waals surface area contributed by atoms with Crippen molar-refractivity contribution in [1.82, 2.24) is 8.61 Å². The van der Waals surface area contributed by atoms with Gasteiger partial charge in [-0.1, -0.05) is 13.8 Å². The monoisotopic (exact) mass is 592 g/mol. The van der Waals surface area contributed by atoms with Gasteiger partial charge in [-0.2, -0.15) is 8.61 Å². The lowest BCUT2D eigenvalue weighted by atomic mass is 10.0. The number of hydrogen-bond acceptors (Lipinski definition) is 9. The quantitative estimate of drug-likeness (QED) is 0.306. The first-order valence-corrected chi connectivity index (χ1v) is 15.8. The summed E-state index contributed by atoms with van der Waals surface area (Å²) in [6.07, 6.45) is 2.43. The second-order valence-corrected chi connectivity index (χ2v) is 14.6. The minimum Gasteiger partial charge on any atom is -0.289 e. The van der Waals surface area contributed by atoms with Crippen LogP contribution in [0.4, 0.5) is 11.4 Å². The van der Waals surface area contributed by atoms with E-state index in [4.69, 9.17) is 0 Å². The van der Waals surface area contributed by atoms with Gasteiger partial charge in [0.05, 0.1) is 30.8 Å². The maximum atomic E-state index is 13.6. The molecule has 2 aliphatic heterocycles. The molecule has 0 radical (unpaired) electrons. The van der Waals surface area contributed by atoms with Crippen molar-refractivity contribution in [3.8, 4) is 11.1 Å². The van der Waals surface area contributed by atoms with Crippen LogP contribution >= 0.6 is 0 Å². The fourth-order valence-corrected chi connectivity index (χ4v) is 8.60. The van der Waals surface area contributed by atoms with Gasteiger partial charge in [-0.25, -0.2) is 16.8 Å². The summed E-state index contributed by atoms with van der Waals surface area (Å²) in [6, 6.07) is 3.64. The third-order valence-corrected chi connectivity index (χ3v) is 11.8. The van der Waals surface area contributed by atoms with Crippen LogP contribution in [-0.2, 0) is 20.0 Å². The Hall–Kier alpha value is -3.27. The molecule has 3 aliphatic rings. The number of carbonyl (C=O) groups is 1. The summed E-state index contributed by atoms with van der Waals surface area (Å²) < 4.78 is 56.0. The number of fused-ring (bicyclic) bond motifs is 3. The van der Waals surface area contributed by atoms with E-state index in [9.17, 15) is 41.9 Å². The third-order valence-electron chi connectivity index (χ3n) is 8.08. The van der Waals surface area contributed by atoms with Gasteiger partial charge in [0.15, 0.2) is 5.78 Å². The fourth-order valence-electron chi connectivity index (χ4n) is 5.57. The van der Waals surface area contributed by atoms with Crippen LogP contribution in [-0.4, -0.2) is 67.3 Å². The van der Waals surface area contributed by atoms with Crippen LogP contribution in [0.15, 0.2) is 34.1 Å². The molecule has 214 valence electrons. The Balaban J connectivity index is 1.67. The van der Waals surface area contributed by atoms with Crippen molar-refractivity contribution in [1.29, 1.82) is 0 Å². The molecule has 0 amide bonds. The van der Waals surface area contributed by atoms with E-state index in [2.05, 4.69) is 0 Å². The Kier molecular flexibility index (Phi) is 7.05. The Bertz CT molecular complexity index is 1530. The Morgan fingerprint density at radius 3 is 1.30 bits per heavy atom. The lowest BCUT2D eigenvalue weighted by Crippen LogP contribution is -2.38. The molecule has 0 bridgehead atoms. The molecule has 2 heterocycles. The van der Waals surface area contributed by atoms with Crippen LogP contribution in [0.1, 0.15) is 55.5 Å². The number of hydrogen-bond donors (Lipinski definition) is 0. The van der Waals surface area contributed by atoms with Crippen molar-refractivity contribution in [2.24, 2.45) is 11.8 Å². The van der Waals surface area contributed by atoms with Gasteiger partial charge in [-0.05, 0) is 49.7 Å². The summed E-state index contributed by atoms with van der Waals surface area (Å²) in [5, 5.41) is 24.3. The van der Waals surface area contributed by atoms with Crippen LogP contribution in [0.3, 0.4) is 0 Å². The lowest BCUT2D eigenvalue weighted by molar-refractivity contribution is -0.386. The molecule has 5 rings (SSSR count). The Morgan fingerprint density at radius 2 is 1.00 bits per heavy atom. The molecule has 0 aromatic heterocycles. The third kappa shape index (κ3) is 4.60. The molecule has 0 unspecified atom stereocenters. The van der Waals surface area contributed by atoms with Crippen molar-refractivity contribution >= 4 is 37.2 Å². The van der Waals surface area contributed by atoms with Crippen LogP contribution in [0.25, 0.3) is 11.1 Å². The molecule has 40 heavy (non-hydrogen) atoms. The van der Waals surface area contributed by atoms with Crippen molar-refractivity contribution in [2.75, 3.05) is 26.2 Å². The second-order valence-electron chi connectivity index (χ2n) is 10.7. The number of benzene rings is 2. The van der Waals surface area contributed by atoms with E-state index < -0.39 is 79.1 Å². The molecule has 2 aromatic carbocycles. The standard InChI is InChI=1S/C25H28N4O9S2/c1-15-3-7-26(8-4-15)39(35,36)17-11-19-23(21(13-17)28(31)32)24-20(25(19)30)12-18(14-22(24)29(33)34)40(37,38)27-9-5-16(2)6-10-27/h11-16H,3-10H2,1-2H3. The Labute approximate surface area is 231 Å². The molecular formula is C25H28N4O9S2. The van der Waals surface area contributed by atoms with E-state index >= 15 is 0 Å². The van der Waals surface area contributed by atoms with Crippen LogP contribution < -0.4 is 0 Å². The highest BCUT2D eigenvalue weighted by Gasteiger charge is 2.43. The molecule has 1 aliphatic carbocycles. The molecule has 2 fully saturated rings. The van der Waals surface area contributed by atoms with E-state index in [1.807, 2.05) is 13.8 Å². The number of nitro benzene ring substituents is 2. The normalized spacial score (nSPS) is 19.4. The molecule has 0 atom stereocenters. The zero-order chi connectivity index (χ0) is 29.1. The molecule has 2 aromatic rings. The molecular weight excluding hydrogens is 564 g/mol. The zero-order valence-corrected chi connectivity index (χ0v) is 23.5. The first-order valence-electron chi connectivity index (χ1n) is 12.9. The van der Waals surface area contributed by atoms with Gasteiger partial charge in [0.25, 0.3) is 11.4 Å². The first kappa shape index (κ1) is 28.3. The van der Waals surface area contributed by atoms with Gasteiger partial charge < -0.3 is 0 Å². The van der Waals surface area contributed by atoms with Gasteiger partial charge in [-0.15, -0.1) is 0 Å². The molecule has 15 heteroatoms. The number of nitro groups is 2. The van der Waals surface area contributed by atoms with Crippen LogP contribution in [0.2, 0.25) is 0 Å². The highest BCUT2D eigenvalue weighted by atomic mass is 32.2. The van der Waals surface area contributed by atoms with E-state index in [0.717, 1.165) is 24.3 Å². The van der Waals surface area contributed by atoms with E-state index in [1.165, 1.54) is 8.61 Å². The average molecular weight is 593 g/mol. The fraction of sp³-hybridized carbons (Fsp3) is 0.480. The predicted octanol–water partition coefficient (Wildman–Crippen LogP) is 3.56. The highest BCUT2D eigenvalue weighted by molar-refractivity contribution is 7.89. The number of rotatable bonds is 6. The summed E-state index contributed by atoms with van der Waals surface area (Å²) in [5.74, 6) is -0.280. The molecule has 13 nitrogen and oxygen atoms in total. The average Bonchev–Trinajstić information content (AvgIpc) is 3.19. The number of piperidine rings is 2. The van der Waals surface area contributed by atoms with Crippen LogP contribution in [0, 0.1) is 32.1 Å². The summed E-state index contributed by atoms with van der Waals surface area (Å²) in [4.78, 5) is 35.1. The number of ketones is 1. The first-order chi connectivity index (χ1) is 18.7. The molecule has 2 saturated heterocycles. The van der Waals surface area contributed by atoms with Gasteiger partial charge in [-0.3, -0.25) is 25.0 Å². The van der Waals surface area contributed by atoms with Gasteiger partial charge >= 0.3 is 0 Å². The second kappa shape index (κ2) is 9.98. The van der Waals surface area contributed by atoms with Gasteiger partial charge in [0, 0.05) is 49.4 Å². The smallest absolute Gasteiger partial charge is 0.279 e. The van der Waals surface area contributed by atoms with Gasteiger partial charge in [0.1, 0.15) is 0 Å². The number of sulfonamides is 2. The topological polar surface area (TPSA) is 178 Å². The van der Waals surface area contributed by atoms with E-state index in [0.29, 0.717) is 37.5 Å². The van der Waals surface area contributed by atoms with Crippen molar-refractivity contribution in [3.63, 3.8) is 0 Å². The lowest BCUT2D eigenvalue weighted by Gasteiger charge is -2.29.